The largest absolute Gasteiger partial charge is 2.00 e. The predicted molar refractivity (Wildman–Crippen MR) is 249 cm³/mol. The van der Waals surface area contributed by atoms with Crippen molar-refractivity contribution in [3.63, 3.8) is 0 Å². The summed E-state index contributed by atoms with van der Waals surface area (Å²) in [6, 6.07) is 33.4. The molecule has 4 nitrogen and oxygen atoms in total. The van der Waals surface area contributed by atoms with Crippen LogP contribution in [0.2, 0.25) is 0 Å². The summed E-state index contributed by atoms with van der Waals surface area (Å²) in [7, 11) is 0. The van der Waals surface area contributed by atoms with Crippen molar-refractivity contribution in [3.8, 4) is 16.9 Å². The zero-order chi connectivity index (χ0) is 42.2. The Hall–Kier alpha value is -4.01. The molecule has 1 aliphatic rings. The summed E-state index contributed by atoms with van der Waals surface area (Å²) in [5, 5.41) is 2.41. The van der Waals surface area contributed by atoms with Crippen molar-refractivity contribution in [2.45, 2.75) is 133 Å². The molecule has 0 radical (unpaired) electrons. The Morgan fingerprint density at radius 3 is 1.88 bits per heavy atom. The molecule has 312 valence electrons. The quantitative estimate of drug-likeness (QED) is 0.149. The van der Waals surface area contributed by atoms with Crippen LogP contribution in [0.15, 0.2) is 77.9 Å². The molecule has 7 rings (SSSR count). The fraction of sp³-hybridized carbons (Fsp3) is 0.444. The molecule has 0 unspecified atom stereocenters. The normalized spacial score (nSPS) is 15.3. The van der Waals surface area contributed by atoms with Gasteiger partial charge in [0.25, 0.3) is 0 Å². The second-order valence-electron chi connectivity index (χ2n) is 21.0. The molecule has 0 saturated heterocycles. The van der Waals surface area contributed by atoms with Crippen molar-refractivity contribution >= 4 is 33.3 Å². The molecule has 0 saturated carbocycles. The van der Waals surface area contributed by atoms with Crippen molar-refractivity contribution < 1.29 is 21.1 Å². The standard InChI is InChI=1S/C54H66N4.Pt/c1-32(2)50(33(3)4)47-31-57(41-27-39(53(11,12)13)26-40(28-41)54(14,15)16)51(56-47)37-21-35(6)22-42(25-37)58-48-18-17-34(5)23-44(48)45-24-36(7)43(30-49(45)58)46-29-38(19-20-55-46)52(8,9)10;/h17-24,26-29,32-33,47,50H,31H2,1-16H3;/q-2;+2/t47-;/m0./s1. The fourth-order valence-electron chi connectivity index (χ4n) is 9.17. The van der Waals surface area contributed by atoms with Crippen LogP contribution in [0, 0.1) is 50.7 Å². The van der Waals surface area contributed by atoms with Crippen molar-refractivity contribution in [1.29, 1.82) is 0 Å². The number of pyridine rings is 1. The minimum atomic E-state index is -0.000346. The number of anilines is 1. The van der Waals surface area contributed by atoms with E-state index in [1.807, 2.05) is 6.20 Å². The summed E-state index contributed by atoms with van der Waals surface area (Å²) >= 11 is 0. The van der Waals surface area contributed by atoms with E-state index in [2.05, 4.69) is 199 Å². The first-order valence-electron chi connectivity index (χ1n) is 21.5. The number of benzene rings is 4. The Morgan fingerprint density at radius 1 is 0.661 bits per heavy atom. The maximum Gasteiger partial charge on any atom is 2.00 e. The molecule has 0 aliphatic carbocycles. The summed E-state index contributed by atoms with van der Waals surface area (Å²) in [6.07, 6.45) is 1.94. The molecule has 0 spiro atoms. The van der Waals surface area contributed by atoms with Gasteiger partial charge in [0.05, 0.1) is 11.9 Å². The molecular formula is C54H66N4Pt. The molecule has 4 aromatic carbocycles. The molecule has 1 aliphatic heterocycles. The number of hydrogen-bond acceptors (Lipinski definition) is 3. The van der Waals surface area contributed by atoms with Crippen LogP contribution in [0.4, 0.5) is 5.69 Å². The number of aryl methyl sites for hydroxylation is 3. The summed E-state index contributed by atoms with van der Waals surface area (Å²) in [4.78, 5) is 13.1. The van der Waals surface area contributed by atoms with Gasteiger partial charge in [-0.25, -0.2) is 0 Å². The minimum Gasteiger partial charge on any atom is -0.364 e. The van der Waals surface area contributed by atoms with E-state index in [1.54, 1.807) is 0 Å². The Labute approximate surface area is 370 Å². The first-order chi connectivity index (χ1) is 27.0. The summed E-state index contributed by atoms with van der Waals surface area (Å²) < 4.78 is 2.37. The van der Waals surface area contributed by atoms with Crippen LogP contribution in [0.5, 0.6) is 0 Å². The van der Waals surface area contributed by atoms with Crippen molar-refractivity contribution in [2.75, 3.05) is 11.4 Å². The summed E-state index contributed by atoms with van der Waals surface area (Å²) in [5.74, 6) is 2.46. The number of aliphatic imine (C=N–C) groups is 1. The number of amidine groups is 1. The molecule has 1 atom stereocenters. The average Bonchev–Trinajstić information content (AvgIpc) is 3.68. The first kappa shape index (κ1) is 44.5. The van der Waals surface area contributed by atoms with Crippen LogP contribution in [-0.2, 0) is 37.3 Å². The molecule has 5 heteroatoms. The van der Waals surface area contributed by atoms with E-state index in [0.717, 1.165) is 45.9 Å². The van der Waals surface area contributed by atoms with Crippen molar-refractivity contribution in [3.05, 3.63) is 124 Å². The molecule has 0 fully saturated rings. The molecule has 2 aromatic heterocycles. The van der Waals surface area contributed by atoms with Crippen molar-refractivity contribution in [1.82, 2.24) is 9.55 Å². The third kappa shape index (κ3) is 8.77. The van der Waals surface area contributed by atoms with Gasteiger partial charge in [0.1, 0.15) is 0 Å². The third-order valence-electron chi connectivity index (χ3n) is 12.4. The minimum absolute atomic E-state index is 0. The van der Waals surface area contributed by atoms with Gasteiger partial charge in [0.15, 0.2) is 0 Å². The van der Waals surface area contributed by atoms with Gasteiger partial charge in [-0.15, -0.1) is 52.6 Å². The van der Waals surface area contributed by atoms with Crippen LogP contribution in [0.1, 0.15) is 129 Å². The first-order valence-corrected chi connectivity index (χ1v) is 21.5. The van der Waals surface area contributed by atoms with Gasteiger partial charge in [-0.05, 0) is 104 Å². The zero-order valence-corrected chi connectivity index (χ0v) is 40.8. The van der Waals surface area contributed by atoms with Crippen LogP contribution >= 0.6 is 0 Å². The molecule has 3 heterocycles. The topological polar surface area (TPSA) is 33.4 Å². The van der Waals surface area contributed by atoms with Crippen LogP contribution < -0.4 is 4.90 Å². The average molecular weight is 966 g/mol. The number of rotatable bonds is 7. The Kier molecular flexibility index (Phi) is 12.2. The SMILES string of the molecule is Cc1cc(C2=N[C@H](C(C(C)C)C(C)C)CN2c2cc(C(C)(C)C)cc(C(C)(C)C)c2)[c-]c(-n2c3[c-]c(-c4cc(C(C)(C)C)ccn4)c(C)cc3c3cc(C)ccc32)c1.[Pt+2]. The Balaban J connectivity index is 0.00000585. The third-order valence-corrected chi connectivity index (χ3v) is 12.4. The fourth-order valence-corrected chi connectivity index (χ4v) is 9.17. The van der Waals surface area contributed by atoms with E-state index < -0.39 is 0 Å². The molecular weight excluding hydrogens is 900 g/mol. The maximum absolute atomic E-state index is 5.72. The van der Waals surface area contributed by atoms with Gasteiger partial charge < -0.3 is 19.4 Å². The van der Waals surface area contributed by atoms with Gasteiger partial charge >= 0.3 is 21.1 Å². The predicted octanol–water partition coefficient (Wildman–Crippen LogP) is 13.8. The van der Waals surface area contributed by atoms with E-state index >= 15 is 0 Å². The second kappa shape index (κ2) is 16.1. The van der Waals surface area contributed by atoms with E-state index in [-0.39, 0.29) is 43.4 Å². The maximum atomic E-state index is 5.72. The van der Waals surface area contributed by atoms with E-state index in [4.69, 9.17) is 9.98 Å². The monoisotopic (exact) mass is 965 g/mol. The smallest absolute Gasteiger partial charge is 0.364 e. The van der Waals surface area contributed by atoms with Gasteiger partial charge in [0, 0.05) is 23.9 Å². The van der Waals surface area contributed by atoms with Crippen LogP contribution in [0.25, 0.3) is 38.8 Å². The second-order valence-corrected chi connectivity index (χ2v) is 21.0. The molecule has 0 N–H and O–H groups in total. The number of fused-ring (bicyclic) bond motifs is 3. The van der Waals surface area contributed by atoms with E-state index in [9.17, 15) is 0 Å². The summed E-state index contributed by atoms with van der Waals surface area (Å²) in [5.41, 5.74) is 14.9. The van der Waals surface area contributed by atoms with Crippen LogP contribution in [0.3, 0.4) is 0 Å². The zero-order valence-electron chi connectivity index (χ0n) is 38.5. The molecule has 59 heavy (non-hydrogen) atoms. The molecule has 0 amide bonds. The molecule has 6 aromatic rings. The number of hydrogen-bond donors (Lipinski definition) is 0. The Morgan fingerprint density at radius 2 is 1.29 bits per heavy atom. The molecule has 0 bridgehead atoms. The van der Waals surface area contributed by atoms with Gasteiger partial charge in [0.2, 0.25) is 0 Å². The van der Waals surface area contributed by atoms with Gasteiger partial charge in [-0.2, -0.15) is 0 Å². The number of aromatic nitrogens is 2. The van der Waals surface area contributed by atoms with Crippen LogP contribution in [-0.4, -0.2) is 28.0 Å². The summed E-state index contributed by atoms with van der Waals surface area (Å²) in [6.45, 7) is 37.6. The van der Waals surface area contributed by atoms with E-state index in [1.165, 1.54) is 49.8 Å². The van der Waals surface area contributed by atoms with E-state index in [0.29, 0.717) is 17.8 Å². The Bertz CT molecular complexity index is 2510. The van der Waals surface area contributed by atoms with Gasteiger partial charge in [-0.3, -0.25) is 0 Å². The number of nitrogens with zero attached hydrogens (tertiary/aromatic N) is 4. The van der Waals surface area contributed by atoms with Gasteiger partial charge in [-0.1, -0.05) is 139 Å². The van der Waals surface area contributed by atoms with Crippen molar-refractivity contribution in [2.24, 2.45) is 22.7 Å².